The van der Waals surface area contributed by atoms with Crippen molar-refractivity contribution in [2.45, 2.75) is 19.4 Å². The molecule has 0 aliphatic carbocycles. The minimum Gasteiger partial charge on any atom is -0.389 e. The summed E-state index contributed by atoms with van der Waals surface area (Å²) in [4.78, 5) is 0. The Kier molecular flexibility index (Phi) is 3.23. The maximum Gasteiger partial charge on any atom is 0.0934 e. The van der Waals surface area contributed by atoms with Gasteiger partial charge in [-0.2, -0.15) is 0 Å². The van der Waals surface area contributed by atoms with Crippen molar-refractivity contribution in [1.29, 1.82) is 0 Å². The summed E-state index contributed by atoms with van der Waals surface area (Å²) in [7, 11) is 0. The van der Waals surface area contributed by atoms with Crippen molar-refractivity contribution in [1.82, 2.24) is 0 Å². The van der Waals surface area contributed by atoms with Crippen molar-refractivity contribution in [2.75, 3.05) is 6.67 Å². The number of aliphatic hydroxyl groups excluding tert-OH is 1. The average Bonchev–Trinajstić information content (AvgIpc) is 2.05. The molecule has 1 N–H and O–H groups in total. The van der Waals surface area contributed by atoms with Gasteiger partial charge in [0.1, 0.15) is 0 Å². The third-order valence-electron chi connectivity index (χ3n) is 1.82. The fourth-order valence-corrected chi connectivity index (χ4v) is 1.12. The lowest BCUT2D eigenvalue weighted by molar-refractivity contribution is 0.199. The molecule has 1 aromatic carbocycles. The molecule has 1 nitrogen and oxygen atoms in total. The summed E-state index contributed by atoms with van der Waals surface area (Å²) in [5.41, 5.74) is 1.79. The molecular weight excluding hydrogens is 155 g/mol. The molecular formula is C10H13FO. The van der Waals surface area contributed by atoms with Crippen LogP contribution in [0.2, 0.25) is 0 Å². The van der Waals surface area contributed by atoms with Gasteiger partial charge in [0.15, 0.2) is 0 Å². The van der Waals surface area contributed by atoms with Crippen molar-refractivity contribution in [2.24, 2.45) is 0 Å². The SMILES string of the molecule is CC(O)c1cccc(CCF)c1. The molecule has 0 aliphatic heterocycles. The summed E-state index contributed by atoms with van der Waals surface area (Å²) >= 11 is 0. The van der Waals surface area contributed by atoms with Crippen LogP contribution in [0.15, 0.2) is 24.3 Å². The van der Waals surface area contributed by atoms with Crippen LogP contribution in [0, 0.1) is 0 Å². The first-order valence-electron chi connectivity index (χ1n) is 4.07. The zero-order valence-electron chi connectivity index (χ0n) is 7.13. The van der Waals surface area contributed by atoms with E-state index in [4.69, 9.17) is 0 Å². The molecule has 12 heavy (non-hydrogen) atoms. The maximum atomic E-state index is 11.9. The van der Waals surface area contributed by atoms with Gasteiger partial charge in [-0.1, -0.05) is 24.3 Å². The van der Waals surface area contributed by atoms with Crippen LogP contribution in [0.5, 0.6) is 0 Å². The van der Waals surface area contributed by atoms with Gasteiger partial charge < -0.3 is 5.11 Å². The summed E-state index contributed by atoms with van der Waals surface area (Å²) in [5, 5.41) is 9.22. The molecule has 2 heteroatoms. The molecule has 0 aromatic heterocycles. The zero-order valence-corrected chi connectivity index (χ0v) is 7.13. The normalized spacial score (nSPS) is 12.9. The first kappa shape index (κ1) is 9.20. The molecule has 1 rings (SSSR count). The van der Waals surface area contributed by atoms with Crippen LogP contribution in [0.25, 0.3) is 0 Å². The number of aryl methyl sites for hydroxylation is 1. The van der Waals surface area contributed by atoms with Crippen molar-refractivity contribution >= 4 is 0 Å². The van der Waals surface area contributed by atoms with Gasteiger partial charge in [-0.3, -0.25) is 4.39 Å². The van der Waals surface area contributed by atoms with Crippen molar-refractivity contribution in [3.8, 4) is 0 Å². The van der Waals surface area contributed by atoms with E-state index >= 15 is 0 Å². The van der Waals surface area contributed by atoms with Crippen molar-refractivity contribution < 1.29 is 9.50 Å². The monoisotopic (exact) mass is 168 g/mol. The standard InChI is InChI=1S/C10H13FO/c1-8(12)10-4-2-3-9(7-10)5-6-11/h2-4,7-8,12H,5-6H2,1H3. The first-order valence-corrected chi connectivity index (χ1v) is 4.07. The van der Waals surface area contributed by atoms with Gasteiger partial charge in [-0.25, -0.2) is 0 Å². The average molecular weight is 168 g/mol. The van der Waals surface area contributed by atoms with E-state index in [-0.39, 0.29) is 6.67 Å². The van der Waals surface area contributed by atoms with Crippen molar-refractivity contribution in [3.05, 3.63) is 35.4 Å². The third-order valence-corrected chi connectivity index (χ3v) is 1.82. The molecule has 0 radical (unpaired) electrons. The van der Waals surface area contributed by atoms with E-state index in [0.717, 1.165) is 11.1 Å². The molecule has 1 aromatic rings. The van der Waals surface area contributed by atoms with Gasteiger partial charge in [0, 0.05) is 6.42 Å². The van der Waals surface area contributed by atoms with Crippen molar-refractivity contribution in [3.63, 3.8) is 0 Å². The van der Waals surface area contributed by atoms with E-state index in [0.29, 0.717) is 6.42 Å². The summed E-state index contributed by atoms with van der Waals surface area (Å²) in [6, 6.07) is 7.38. The van der Waals surface area contributed by atoms with E-state index < -0.39 is 6.10 Å². The fourth-order valence-electron chi connectivity index (χ4n) is 1.12. The molecule has 66 valence electrons. The van der Waals surface area contributed by atoms with E-state index in [1.165, 1.54) is 0 Å². The number of rotatable bonds is 3. The van der Waals surface area contributed by atoms with Crippen LogP contribution in [-0.2, 0) is 6.42 Å². The molecule has 0 fully saturated rings. The lowest BCUT2D eigenvalue weighted by Gasteiger charge is -2.05. The Morgan fingerprint density at radius 1 is 1.50 bits per heavy atom. The highest BCUT2D eigenvalue weighted by molar-refractivity contribution is 5.24. The molecule has 1 atom stereocenters. The largest absolute Gasteiger partial charge is 0.389 e. The summed E-state index contributed by atoms with van der Waals surface area (Å²) in [5.74, 6) is 0. The minimum absolute atomic E-state index is 0.344. The van der Waals surface area contributed by atoms with E-state index in [9.17, 15) is 9.50 Å². The van der Waals surface area contributed by atoms with Crippen LogP contribution in [0.1, 0.15) is 24.2 Å². The zero-order chi connectivity index (χ0) is 8.97. The van der Waals surface area contributed by atoms with Gasteiger partial charge in [0.2, 0.25) is 0 Å². The molecule has 0 spiro atoms. The smallest absolute Gasteiger partial charge is 0.0934 e. The van der Waals surface area contributed by atoms with Crippen LogP contribution in [-0.4, -0.2) is 11.8 Å². The number of hydrogen-bond donors (Lipinski definition) is 1. The molecule has 1 unspecified atom stereocenters. The quantitative estimate of drug-likeness (QED) is 0.734. The maximum absolute atomic E-state index is 11.9. The second-order valence-corrected chi connectivity index (χ2v) is 2.86. The predicted octanol–water partition coefficient (Wildman–Crippen LogP) is 2.25. The molecule has 0 bridgehead atoms. The minimum atomic E-state index is -0.468. The Labute approximate surface area is 71.9 Å². The van der Waals surface area contributed by atoms with Crippen LogP contribution >= 0.6 is 0 Å². The number of hydrogen-bond acceptors (Lipinski definition) is 1. The first-order chi connectivity index (χ1) is 5.74. The number of benzene rings is 1. The van der Waals surface area contributed by atoms with E-state index in [1.807, 2.05) is 24.3 Å². The second-order valence-electron chi connectivity index (χ2n) is 2.86. The van der Waals surface area contributed by atoms with E-state index in [1.54, 1.807) is 6.92 Å². The predicted molar refractivity (Wildman–Crippen MR) is 46.8 cm³/mol. The number of aliphatic hydroxyl groups is 1. The van der Waals surface area contributed by atoms with Crippen LogP contribution in [0.4, 0.5) is 4.39 Å². The fraction of sp³-hybridized carbons (Fsp3) is 0.400. The number of alkyl halides is 1. The third kappa shape index (κ3) is 2.31. The van der Waals surface area contributed by atoms with Gasteiger partial charge in [-0.15, -0.1) is 0 Å². The molecule has 0 amide bonds. The highest BCUT2D eigenvalue weighted by Crippen LogP contribution is 2.13. The summed E-state index contributed by atoms with van der Waals surface area (Å²) in [6.07, 6.45) is -0.0369. The molecule has 0 saturated heterocycles. The Morgan fingerprint density at radius 3 is 2.83 bits per heavy atom. The van der Waals surface area contributed by atoms with Crippen LogP contribution < -0.4 is 0 Å². The van der Waals surface area contributed by atoms with Gasteiger partial charge in [0.05, 0.1) is 12.8 Å². The lowest BCUT2D eigenvalue weighted by Crippen LogP contribution is -1.93. The Bertz CT molecular complexity index is 245. The number of halogens is 1. The summed E-state index contributed by atoms with van der Waals surface area (Å²) < 4.78 is 11.9. The summed E-state index contributed by atoms with van der Waals surface area (Å²) in [6.45, 7) is 1.36. The van der Waals surface area contributed by atoms with Gasteiger partial charge >= 0.3 is 0 Å². The highest BCUT2D eigenvalue weighted by atomic mass is 19.1. The Morgan fingerprint density at radius 2 is 2.25 bits per heavy atom. The highest BCUT2D eigenvalue weighted by Gasteiger charge is 2.00. The van der Waals surface area contributed by atoms with E-state index in [2.05, 4.69) is 0 Å². The van der Waals surface area contributed by atoms with Gasteiger partial charge in [-0.05, 0) is 18.1 Å². The molecule has 0 heterocycles. The molecule has 0 aliphatic rings. The Hall–Kier alpha value is -0.890. The lowest BCUT2D eigenvalue weighted by atomic mass is 10.1. The second kappa shape index (κ2) is 4.21. The molecule has 0 saturated carbocycles. The Balaban J connectivity index is 2.81. The van der Waals surface area contributed by atoms with Crippen LogP contribution in [0.3, 0.4) is 0 Å². The topological polar surface area (TPSA) is 20.2 Å². The van der Waals surface area contributed by atoms with Gasteiger partial charge in [0.25, 0.3) is 0 Å².